The maximum absolute atomic E-state index is 9.77. The van der Waals surface area contributed by atoms with E-state index in [4.69, 9.17) is 0 Å². The minimum atomic E-state index is -0.600. The van der Waals surface area contributed by atoms with Crippen LogP contribution < -0.4 is 0 Å². The molecule has 0 aliphatic carbocycles. The van der Waals surface area contributed by atoms with Gasteiger partial charge in [0.25, 0.3) is 0 Å². The minimum Gasteiger partial charge on any atom is -0.389 e. The van der Waals surface area contributed by atoms with E-state index in [0.717, 1.165) is 16.6 Å². The summed E-state index contributed by atoms with van der Waals surface area (Å²) in [7, 11) is 0. The molecule has 5 heteroatoms. The zero-order valence-electron chi connectivity index (χ0n) is 9.85. The van der Waals surface area contributed by atoms with Gasteiger partial charge < -0.3 is 5.11 Å². The summed E-state index contributed by atoms with van der Waals surface area (Å²) < 4.78 is 1.65. The number of fused-ring (bicyclic) bond motifs is 1. The molecule has 0 fully saturated rings. The van der Waals surface area contributed by atoms with Gasteiger partial charge >= 0.3 is 0 Å². The SMILES string of the molecule is CC(O)c1cccnc1-n1nnc2ccccc21. The lowest BCUT2D eigenvalue weighted by atomic mass is 10.1. The standard InChI is InChI=1S/C13H12N4O/c1-9(18)10-5-4-8-14-13(10)17-12-7-3-2-6-11(12)15-16-17/h2-9,18H,1H3. The van der Waals surface area contributed by atoms with Crippen LogP contribution in [0.1, 0.15) is 18.6 Å². The quantitative estimate of drug-likeness (QED) is 0.742. The molecule has 0 amide bonds. The van der Waals surface area contributed by atoms with Gasteiger partial charge in [0, 0.05) is 11.8 Å². The lowest BCUT2D eigenvalue weighted by molar-refractivity contribution is 0.198. The summed E-state index contributed by atoms with van der Waals surface area (Å²) >= 11 is 0. The van der Waals surface area contributed by atoms with Crippen LogP contribution in [0.5, 0.6) is 0 Å². The Morgan fingerprint density at radius 2 is 2.00 bits per heavy atom. The molecule has 1 N–H and O–H groups in total. The smallest absolute Gasteiger partial charge is 0.161 e. The minimum absolute atomic E-state index is 0.600. The summed E-state index contributed by atoms with van der Waals surface area (Å²) in [6, 6.07) is 11.3. The number of pyridine rings is 1. The molecule has 0 aliphatic rings. The van der Waals surface area contributed by atoms with Gasteiger partial charge in [0.15, 0.2) is 5.82 Å². The van der Waals surface area contributed by atoms with Gasteiger partial charge in [-0.3, -0.25) is 0 Å². The van der Waals surface area contributed by atoms with E-state index < -0.39 is 6.10 Å². The Hall–Kier alpha value is -2.27. The highest BCUT2D eigenvalue weighted by Crippen LogP contribution is 2.21. The van der Waals surface area contributed by atoms with E-state index in [9.17, 15) is 5.11 Å². The number of hydrogen-bond acceptors (Lipinski definition) is 4. The maximum Gasteiger partial charge on any atom is 0.161 e. The monoisotopic (exact) mass is 240 g/mol. The van der Waals surface area contributed by atoms with Crippen LogP contribution in [0.15, 0.2) is 42.6 Å². The molecule has 5 nitrogen and oxygen atoms in total. The van der Waals surface area contributed by atoms with Gasteiger partial charge in [0.1, 0.15) is 5.52 Å². The van der Waals surface area contributed by atoms with Crippen molar-refractivity contribution in [3.63, 3.8) is 0 Å². The number of rotatable bonds is 2. The summed E-state index contributed by atoms with van der Waals surface area (Å²) in [6.45, 7) is 1.71. The van der Waals surface area contributed by atoms with Gasteiger partial charge in [-0.2, -0.15) is 4.68 Å². The molecular weight excluding hydrogens is 228 g/mol. The van der Waals surface area contributed by atoms with Crippen molar-refractivity contribution in [3.05, 3.63) is 48.2 Å². The fourth-order valence-corrected chi connectivity index (χ4v) is 1.94. The van der Waals surface area contributed by atoms with E-state index in [1.807, 2.05) is 30.3 Å². The molecule has 0 radical (unpaired) electrons. The van der Waals surface area contributed by atoms with Crippen LogP contribution in [0, 0.1) is 0 Å². The molecule has 0 saturated carbocycles. The summed E-state index contributed by atoms with van der Waals surface area (Å²) in [5.41, 5.74) is 2.41. The Balaban J connectivity index is 2.27. The van der Waals surface area contributed by atoms with Crippen molar-refractivity contribution >= 4 is 11.0 Å². The van der Waals surface area contributed by atoms with Crippen molar-refractivity contribution in [2.24, 2.45) is 0 Å². The van der Waals surface area contributed by atoms with E-state index in [1.54, 1.807) is 23.9 Å². The Morgan fingerprint density at radius 1 is 1.17 bits per heavy atom. The average Bonchev–Trinajstić information content (AvgIpc) is 2.82. The van der Waals surface area contributed by atoms with Crippen LogP contribution in [0.4, 0.5) is 0 Å². The van der Waals surface area contributed by atoms with Gasteiger partial charge in [-0.25, -0.2) is 4.98 Å². The first-order chi connectivity index (χ1) is 8.77. The van der Waals surface area contributed by atoms with Gasteiger partial charge in [0.2, 0.25) is 0 Å². The molecule has 3 aromatic rings. The van der Waals surface area contributed by atoms with Crippen molar-refractivity contribution in [3.8, 4) is 5.82 Å². The molecule has 3 rings (SSSR count). The summed E-state index contributed by atoms with van der Waals surface area (Å²) in [4.78, 5) is 4.29. The van der Waals surface area contributed by atoms with Crippen molar-refractivity contribution in [2.75, 3.05) is 0 Å². The highest BCUT2D eigenvalue weighted by atomic mass is 16.3. The lowest BCUT2D eigenvalue weighted by Crippen LogP contribution is -2.06. The second kappa shape index (κ2) is 4.19. The van der Waals surface area contributed by atoms with Gasteiger partial charge in [-0.1, -0.05) is 23.4 Å². The molecule has 1 unspecified atom stereocenters. The third-order valence-corrected chi connectivity index (χ3v) is 2.82. The number of benzene rings is 1. The third-order valence-electron chi connectivity index (χ3n) is 2.82. The number of aromatic nitrogens is 4. The number of hydrogen-bond donors (Lipinski definition) is 1. The predicted molar refractivity (Wildman–Crippen MR) is 67.3 cm³/mol. The van der Waals surface area contributed by atoms with E-state index in [0.29, 0.717) is 5.82 Å². The Kier molecular flexibility index (Phi) is 2.53. The normalized spacial score (nSPS) is 12.8. The van der Waals surface area contributed by atoms with Gasteiger partial charge in [-0.15, -0.1) is 5.10 Å². The van der Waals surface area contributed by atoms with E-state index in [-0.39, 0.29) is 0 Å². The van der Waals surface area contributed by atoms with Crippen molar-refractivity contribution in [1.29, 1.82) is 0 Å². The fraction of sp³-hybridized carbons (Fsp3) is 0.154. The number of para-hydroxylation sites is 1. The molecule has 0 aliphatic heterocycles. The predicted octanol–water partition coefficient (Wildman–Crippen LogP) is 1.87. The summed E-state index contributed by atoms with van der Waals surface area (Å²) in [5.74, 6) is 0.612. The van der Waals surface area contributed by atoms with Crippen LogP contribution >= 0.6 is 0 Å². The van der Waals surface area contributed by atoms with E-state index in [1.165, 1.54) is 0 Å². The van der Waals surface area contributed by atoms with Crippen LogP contribution in [0.2, 0.25) is 0 Å². The van der Waals surface area contributed by atoms with Crippen LogP contribution in [-0.4, -0.2) is 25.1 Å². The van der Waals surface area contributed by atoms with Crippen molar-refractivity contribution in [2.45, 2.75) is 13.0 Å². The molecule has 1 atom stereocenters. The fourth-order valence-electron chi connectivity index (χ4n) is 1.94. The molecular formula is C13H12N4O. The number of aliphatic hydroxyl groups is 1. The Morgan fingerprint density at radius 3 is 2.83 bits per heavy atom. The molecule has 2 heterocycles. The summed E-state index contributed by atoms with van der Waals surface area (Å²) in [6.07, 6.45) is 1.08. The zero-order valence-corrected chi connectivity index (χ0v) is 9.85. The first-order valence-electron chi connectivity index (χ1n) is 5.71. The number of aliphatic hydroxyl groups excluding tert-OH is 1. The highest BCUT2D eigenvalue weighted by Gasteiger charge is 2.13. The molecule has 0 bridgehead atoms. The second-order valence-electron chi connectivity index (χ2n) is 4.08. The van der Waals surface area contributed by atoms with Gasteiger partial charge in [0.05, 0.1) is 11.6 Å². The van der Waals surface area contributed by atoms with E-state index in [2.05, 4.69) is 15.3 Å². The van der Waals surface area contributed by atoms with Crippen molar-refractivity contribution < 1.29 is 5.11 Å². The third kappa shape index (κ3) is 1.65. The van der Waals surface area contributed by atoms with Crippen LogP contribution in [0.3, 0.4) is 0 Å². The molecule has 2 aromatic heterocycles. The second-order valence-corrected chi connectivity index (χ2v) is 4.08. The Bertz CT molecular complexity index is 690. The first kappa shape index (κ1) is 10.9. The molecule has 90 valence electrons. The molecule has 1 aromatic carbocycles. The van der Waals surface area contributed by atoms with E-state index >= 15 is 0 Å². The molecule has 18 heavy (non-hydrogen) atoms. The maximum atomic E-state index is 9.77. The topological polar surface area (TPSA) is 63.8 Å². The highest BCUT2D eigenvalue weighted by molar-refractivity contribution is 5.75. The van der Waals surface area contributed by atoms with Crippen LogP contribution in [0.25, 0.3) is 16.9 Å². The first-order valence-corrected chi connectivity index (χ1v) is 5.71. The molecule has 0 saturated heterocycles. The van der Waals surface area contributed by atoms with Crippen molar-refractivity contribution in [1.82, 2.24) is 20.0 Å². The van der Waals surface area contributed by atoms with Crippen LogP contribution in [-0.2, 0) is 0 Å². The average molecular weight is 240 g/mol. The zero-order chi connectivity index (χ0) is 12.5. The largest absolute Gasteiger partial charge is 0.389 e. The number of nitrogens with zero attached hydrogens (tertiary/aromatic N) is 4. The molecule has 0 spiro atoms. The Labute approximate surface area is 104 Å². The lowest BCUT2D eigenvalue weighted by Gasteiger charge is -2.10. The van der Waals surface area contributed by atoms with Gasteiger partial charge in [-0.05, 0) is 25.1 Å². The summed E-state index contributed by atoms with van der Waals surface area (Å²) in [5, 5.41) is 18.0.